The second kappa shape index (κ2) is 6.16. The molecule has 0 aliphatic heterocycles. The number of amides is 1. The minimum Gasteiger partial charge on any atom is -0.484 e. The molecule has 1 rings (SSSR count). The van der Waals surface area contributed by atoms with Gasteiger partial charge in [-0.15, -0.1) is 0 Å². The largest absolute Gasteiger partial charge is 0.484 e. The molecule has 4 nitrogen and oxygen atoms in total. The van der Waals surface area contributed by atoms with Crippen molar-refractivity contribution in [2.45, 2.75) is 46.6 Å². The van der Waals surface area contributed by atoms with Crippen LogP contribution >= 0.6 is 0 Å². The van der Waals surface area contributed by atoms with Crippen molar-refractivity contribution in [1.29, 1.82) is 0 Å². The first-order valence-corrected chi connectivity index (χ1v) is 6.87. The molecule has 0 unspecified atom stereocenters. The fourth-order valence-corrected chi connectivity index (χ4v) is 2.54. The molecule has 0 bridgehead atoms. The Morgan fingerprint density at radius 3 is 2.45 bits per heavy atom. The zero-order valence-electron chi connectivity index (χ0n) is 13.1. The highest BCUT2D eigenvalue weighted by molar-refractivity contribution is 5.78. The van der Waals surface area contributed by atoms with E-state index in [2.05, 4.69) is 26.1 Å². The second-order valence-electron chi connectivity index (χ2n) is 7.03. The highest BCUT2D eigenvalue weighted by atomic mass is 16.5. The predicted molar refractivity (Wildman–Crippen MR) is 82.6 cm³/mol. The molecule has 0 aliphatic carbocycles. The van der Waals surface area contributed by atoms with Gasteiger partial charge in [-0.3, -0.25) is 4.79 Å². The van der Waals surface area contributed by atoms with Crippen molar-refractivity contribution < 1.29 is 9.53 Å². The van der Waals surface area contributed by atoms with E-state index in [4.69, 9.17) is 10.5 Å². The number of rotatable bonds is 5. The summed E-state index contributed by atoms with van der Waals surface area (Å²) in [6.45, 7) is 10.5. The van der Waals surface area contributed by atoms with E-state index in [0.717, 1.165) is 6.42 Å². The molecular formula is C16H26N2O2. The number of nitrogen functional groups attached to an aromatic ring is 1. The molecule has 1 aromatic carbocycles. The van der Waals surface area contributed by atoms with Crippen molar-refractivity contribution in [2.75, 3.05) is 12.3 Å². The number of nitrogens with one attached hydrogen (secondary N) is 1. The number of benzene rings is 1. The average molecular weight is 278 g/mol. The van der Waals surface area contributed by atoms with Crippen LogP contribution in [0.1, 0.15) is 41.0 Å². The molecule has 0 aliphatic rings. The van der Waals surface area contributed by atoms with E-state index in [-0.39, 0.29) is 23.5 Å². The van der Waals surface area contributed by atoms with Crippen LogP contribution in [0, 0.1) is 5.41 Å². The Labute approximate surface area is 121 Å². The van der Waals surface area contributed by atoms with Gasteiger partial charge in [0.1, 0.15) is 5.75 Å². The number of hydrogen-bond acceptors (Lipinski definition) is 3. The van der Waals surface area contributed by atoms with Crippen LogP contribution in [0.3, 0.4) is 0 Å². The van der Waals surface area contributed by atoms with Crippen LogP contribution in [0.25, 0.3) is 0 Å². The van der Waals surface area contributed by atoms with E-state index in [9.17, 15) is 4.79 Å². The second-order valence-corrected chi connectivity index (χ2v) is 7.03. The predicted octanol–water partition coefficient (Wildman–Crippen LogP) is 2.98. The van der Waals surface area contributed by atoms with Gasteiger partial charge in [-0.05, 0) is 37.8 Å². The molecule has 1 aromatic rings. The Morgan fingerprint density at radius 2 is 1.90 bits per heavy atom. The standard InChI is InChI=1S/C16H26N2O2/c1-15(2,3)11-16(4,5)18-14(19)10-20-13-8-6-7-12(17)9-13/h6-9H,10-11,17H2,1-5H3,(H,18,19). The lowest BCUT2D eigenvalue weighted by atomic mass is 9.82. The van der Waals surface area contributed by atoms with Gasteiger partial charge in [0.15, 0.2) is 6.61 Å². The molecule has 1 amide bonds. The van der Waals surface area contributed by atoms with Crippen molar-refractivity contribution in [3.63, 3.8) is 0 Å². The number of carbonyl (C=O) groups is 1. The summed E-state index contributed by atoms with van der Waals surface area (Å²) in [5.41, 5.74) is 6.18. The maximum atomic E-state index is 11.9. The lowest BCUT2D eigenvalue weighted by molar-refractivity contribution is -0.125. The minimum absolute atomic E-state index is 0.00295. The number of anilines is 1. The first-order valence-electron chi connectivity index (χ1n) is 6.87. The molecule has 0 aromatic heterocycles. The summed E-state index contributed by atoms with van der Waals surface area (Å²) in [7, 11) is 0. The van der Waals surface area contributed by atoms with Crippen LogP contribution in [-0.2, 0) is 4.79 Å². The van der Waals surface area contributed by atoms with E-state index < -0.39 is 0 Å². The average Bonchev–Trinajstić information content (AvgIpc) is 2.22. The van der Waals surface area contributed by atoms with Crippen LogP contribution in [0.2, 0.25) is 0 Å². The molecule has 0 radical (unpaired) electrons. The summed E-state index contributed by atoms with van der Waals surface area (Å²) in [5.74, 6) is 0.482. The van der Waals surface area contributed by atoms with Gasteiger partial charge in [0.25, 0.3) is 5.91 Å². The Morgan fingerprint density at radius 1 is 1.25 bits per heavy atom. The van der Waals surface area contributed by atoms with Crippen LogP contribution in [0.15, 0.2) is 24.3 Å². The topological polar surface area (TPSA) is 64.3 Å². The molecule has 20 heavy (non-hydrogen) atoms. The fraction of sp³-hybridized carbons (Fsp3) is 0.562. The summed E-state index contributed by atoms with van der Waals surface area (Å²) in [5, 5.41) is 3.00. The van der Waals surface area contributed by atoms with Gasteiger partial charge in [-0.25, -0.2) is 0 Å². The first-order chi connectivity index (χ1) is 9.07. The van der Waals surface area contributed by atoms with Gasteiger partial charge in [-0.2, -0.15) is 0 Å². The van der Waals surface area contributed by atoms with Gasteiger partial charge in [-0.1, -0.05) is 26.8 Å². The summed E-state index contributed by atoms with van der Waals surface area (Å²) in [6.07, 6.45) is 0.893. The number of ether oxygens (including phenoxy) is 1. The van der Waals surface area contributed by atoms with Crippen molar-refractivity contribution in [3.05, 3.63) is 24.3 Å². The summed E-state index contributed by atoms with van der Waals surface area (Å²) in [6, 6.07) is 7.06. The van der Waals surface area contributed by atoms with Crippen molar-refractivity contribution in [3.8, 4) is 5.75 Å². The molecule has 3 N–H and O–H groups in total. The van der Waals surface area contributed by atoms with Crippen molar-refractivity contribution in [2.24, 2.45) is 5.41 Å². The SMILES string of the molecule is CC(C)(C)CC(C)(C)NC(=O)COc1cccc(N)c1. The van der Waals surface area contributed by atoms with Crippen molar-refractivity contribution >= 4 is 11.6 Å². The summed E-state index contributed by atoms with van der Waals surface area (Å²) in [4.78, 5) is 11.9. The van der Waals surface area contributed by atoms with E-state index >= 15 is 0 Å². The van der Waals surface area contributed by atoms with Gasteiger partial charge < -0.3 is 15.8 Å². The normalized spacial score (nSPS) is 12.1. The monoisotopic (exact) mass is 278 g/mol. The van der Waals surface area contributed by atoms with E-state index in [1.165, 1.54) is 0 Å². The summed E-state index contributed by atoms with van der Waals surface area (Å²) >= 11 is 0. The Hall–Kier alpha value is -1.71. The minimum atomic E-state index is -0.256. The Kier molecular flexibility index (Phi) is 5.03. The number of nitrogens with two attached hydrogens (primary N) is 1. The molecule has 0 saturated carbocycles. The fourth-order valence-electron chi connectivity index (χ4n) is 2.54. The van der Waals surface area contributed by atoms with Gasteiger partial charge in [0.2, 0.25) is 0 Å². The summed E-state index contributed by atoms with van der Waals surface area (Å²) < 4.78 is 5.43. The van der Waals surface area contributed by atoms with Gasteiger partial charge in [0.05, 0.1) is 0 Å². The Bertz CT molecular complexity index is 462. The lowest BCUT2D eigenvalue weighted by Gasteiger charge is -2.33. The van der Waals surface area contributed by atoms with Gasteiger partial charge >= 0.3 is 0 Å². The molecular weight excluding hydrogens is 252 g/mol. The third kappa shape index (κ3) is 6.45. The number of hydrogen-bond donors (Lipinski definition) is 2. The quantitative estimate of drug-likeness (QED) is 0.814. The molecule has 0 heterocycles. The van der Waals surface area contributed by atoms with Crippen LogP contribution in [-0.4, -0.2) is 18.1 Å². The van der Waals surface area contributed by atoms with E-state index in [1.807, 2.05) is 13.8 Å². The van der Waals surface area contributed by atoms with E-state index in [0.29, 0.717) is 11.4 Å². The zero-order valence-corrected chi connectivity index (χ0v) is 13.1. The maximum Gasteiger partial charge on any atom is 0.258 e. The number of carbonyl (C=O) groups excluding carboxylic acids is 1. The highest BCUT2D eigenvalue weighted by Crippen LogP contribution is 2.26. The first kappa shape index (κ1) is 16.3. The molecule has 0 fully saturated rings. The van der Waals surface area contributed by atoms with Crippen LogP contribution in [0.4, 0.5) is 5.69 Å². The van der Waals surface area contributed by atoms with E-state index in [1.54, 1.807) is 24.3 Å². The smallest absolute Gasteiger partial charge is 0.258 e. The zero-order chi connectivity index (χ0) is 15.4. The molecule has 0 saturated heterocycles. The molecule has 0 atom stereocenters. The van der Waals surface area contributed by atoms with Gasteiger partial charge in [0, 0.05) is 17.3 Å². The maximum absolute atomic E-state index is 11.9. The Balaban J connectivity index is 2.47. The molecule has 112 valence electrons. The third-order valence-electron chi connectivity index (χ3n) is 2.68. The van der Waals surface area contributed by atoms with Crippen LogP contribution < -0.4 is 15.8 Å². The molecule has 4 heteroatoms. The third-order valence-corrected chi connectivity index (χ3v) is 2.68. The molecule has 0 spiro atoms. The highest BCUT2D eigenvalue weighted by Gasteiger charge is 2.26. The lowest BCUT2D eigenvalue weighted by Crippen LogP contribution is -2.47. The van der Waals surface area contributed by atoms with Crippen LogP contribution in [0.5, 0.6) is 5.75 Å². The van der Waals surface area contributed by atoms with Crippen molar-refractivity contribution in [1.82, 2.24) is 5.32 Å².